The second-order valence-electron chi connectivity index (χ2n) is 7.68. The first-order chi connectivity index (χ1) is 15.7. The third kappa shape index (κ3) is 5.39. The van der Waals surface area contributed by atoms with E-state index in [2.05, 4.69) is 21.2 Å². The number of phenols is 1. The van der Waals surface area contributed by atoms with Gasteiger partial charge in [-0.3, -0.25) is 10.3 Å². The average Bonchev–Trinajstić information content (AvgIpc) is 2.80. The fourth-order valence-electron chi connectivity index (χ4n) is 3.82. The molecule has 0 aromatic heterocycles. The molecule has 0 aliphatic carbocycles. The molecule has 0 saturated carbocycles. The van der Waals surface area contributed by atoms with Crippen molar-refractivity contribution in [3.05, 3.63) is 93.5 Å². The Morgan fingerprint density at radius 3 is 2.39 bits per heavy atom. The molecular weight excluding hydrogens is 497 g/mol. The van der Waals surface area contributed by atoms with Crippen LogP contribution in [0.2, 0.25) is 0 Å². The van der Waals surface area contributed by atoms with Crippen molar-refractivity contribution in [2.45, 2.75) is 31.7 Å². The molecule has 1 aliphatic heterocycles. The second kappa shape index (κ2) is 9.57. The van der Waals surface area contributed by atoms with Gasteiger partial charge in [0.05, 0.1) is 12.2 Å². The SMILES string of the molecule is CCOc1ccc(C2=N[C@@H](c3ccc(C(F)(F)F)cc3)N[C@@H](c3cc(Br)ccc3O)C2)cc1. The van der Waals surface area contributed by atoms with E-state index in [-0.39, 0.29) is 11.8 Å². The average molecular weight is 519 g/mol. The molecular formula is C25H22BrF3N2O2. The summed E-state index contributed by atoms with van der Waals surface area (Å²) in [6.45, 7) is 2.47. The number of rotatable bonds is 5. The van der Waals surface area contributed by atoms with E-state index in [1.165, 1.54) is 12.1 Å². The van der Waals surface area contributed by atoms with Gasteiger partial charge in [-0.25, -0.2) is 0 Å². The highest BCUT2D eigenvalue weighted by Gasteiger charge is 2.31. The molecule has 4 rings (SSSR count). The van der Waals surface area contributed by atoms with Gasteiger partial charge < -0.3 is 9.84 Å². The fraction of sp³-hybridized carbons (Fsp3) is 0.240. The van der Waals surface area contributed by atoms with Crippen LogP contribution in [0.15, 0.2) is 76.2 Å². The molecule has 0 spiro atoms. The predicted molar refractivity (Wildman–Crippen MR) is 125 cm³/mol. The van der Waals surface area contributed by atoms with Gasteiger partial charge in [0.2, 0.25) is 0 Å². The van der Waals surface area contributed by atoms with Gasteiger partial charge in [0.1, 0.15) is 17.7 Å². The van der Waals surface area contributed by atoms with E-state index in [1.807, 2.05) is 37.3 Å². The molecule has 2 N–H and O–H groups in total. The molecule has 3 aromatic carbocycles. The zero-order valence-electron chi connectivity index (χ0n) is 17.7. The molecule has 33 heavy (non-hydrogen) atoms. The van der Waals surface area contributed by atoms with Crippen molar-refractivity contribution in [3.63, 3.8) is 0 Å². The van der Waals surface area contributed by atoms with Crippen LogP contribution in [0.4, 0.5) is 13.2 Å². The molecule has 3 aromatic rings. The Hall–Kier alpha value is -2.84. The predicted octanol–water partition coefficient (Wildman–Crippen LogP) is 6.79. The van der Waals surface area contributed by atoms with Gasteiger partial charge in [0.15, 0.2) is 0 Å². The number of phenolic OH excluding ortho intramolecular Hbond substituents is 1. The molecule has 8 heteroatoms. The van der Waals surface area contributed by atoms with Gasteiger partial charge in [-0.15, -0.1) is 0 Å². The summed E-state index contributed by atoms with van der Waals surface area (Å²) < 4.78 is 45.4. The number of nitrogens with one attached hydrogen (secondary N) is 1. The Morgan fingerprint density at radius 2 is 1.76 bits per heavy atom. The van der Waals surface area contributed by atoms with Gasteiger partial charge in [0, 0.05) is 28.2 Å². The van der Waals surface area contributed by atoms with E-state index in [1.54, 1.807) is 12.1 Å². The molecule has 172 valence electrons. The largest absolute Gasteiger partial charge is 0.508 e. The van der Waals surface area contributed by atoms with Crippen molar-refractivity contribution in [1.82, 2.24) is 5.32 Å². The molecule has 4 nitrogen and oxygen atoms in total. The Labute approximate surface area is 198 Å². The highest BCUT2D eigenvalue weighted by molar-refractivity contribution is 9.10. The van der Waals surface area contributed by atoms with Crippen molar-refractivity contribution in [1.29, 1.82) is 0 Å². The molecule has 0 amide bonds. The van der Waals surface area contributed by atoms with Crippen LogP contribution in [-0.2, 0) is 6.18 Å². The minimum absolute atomic E-state index is 0.134. The Kier molecular flexibility index (Phi) is 6.76. The highest BCUT2D eigenvalue weighted by atomic mass is 79.9. The van der Waals surface area contributed by atoms with Crippen molar-refractivity contribution in [2.24, 2.45) is 4.99 Å². The van der Waals surface area contributed by atoms with E-state index in [0.29, 0.717) is 24.2 Å². The van der Waals surface area contributed by atoms with Crippen molar-refractivity contribution < 1.29 is 23.0 Å². The third-order valence-corrected chi connectivity index (χ3v) is 5.95. The van der Waals surface area contributed by atoms with Crippen molar-refractivity contribution in [2.75, 3.05) is 6.61 Å². The van der Waals surface area contributed by atoms with Gasteiger partial charge in [-0.2, -0.15) is 13.2 Å². The molecule has 1 aliphatic rings. The van der Waals surface area contributed by atoms with Crippen LogP contribution in [0, 0.1) is 0 Å². The number of halogens is 4. The summed E-state index contributed by atoms with van der Waals surface area (Å²) in [6, 6.07) is 17.4. The number of hydrogen-bond donors (Lipinski definition) is 2. The van der Waals surface area contributed by atoms with E-state index in [0.717, 1.165) is 33.6 Å². The van der Waals surface area contributed by atoms with Crippen LogP contribution in [0.25, 0.3) is 0 Å². The smallest absolute Gasteiger partial charge is 0.416 e. The van der Waals surface area contributed by atoms with E-state index < -0.39 is 17.9 Å². The summed E-state index contributed by atoms with van der Waals surface area (Å²) >= 11 is 3.44. The van der Waals surface area contributed by atoms with E-state index in [9.17, 15) is 18.3 Å². The lowest BCUT2D eigenvalue weighted by atomic mass is 9.93. The van der Waals surface area contributed by atoms with E-state index in [4.69, 9.17) is 9.73 Å². The maximum atomic E-state index is 13.0. The number of hydrogen-bond acceptors (Lipinski definition) is 4. The van der Waals surface area contributed by atoms with Gasteiger partial charge in [0.25, 0.3) is 0 Å². The fourth-order valence-corrected chi connectivity index (χ4v) is 4.20. The summed E-state index contributed by atoms with van der Waals surface area (Å²) in [5.41, 5.74) is 2.24. The number of benzene rings is 3. The summed E-state index contributed by atoms with van der Waals surface area (Å²) in [7, 11) is 0. The number of aromatic hydroxyl groups is 1. The molecule has 0 unspecified atom stereocenters. The topological polar surface area (TPSA) is 53.8 Å². The standard InChI is InChI=1S/C25H22BrF3N2O2/c1-2-33-19-10-5-15(6-11-19)21-14-22(20-13-18(26)9-12-23(20)32)31-24(30-21)16-3-7-17(8-4-16)25(27,28)29/h3-13,22,24,31-32H,2,14H2,1H3/t22-,24-/m1/s1. The summed E-state index contributed by atoms with van der Waals surface area (Å²) in [5.74, 6) is 0.881. The first-order valence-electron chi connectivity index (χ1n) is 10.5. The molecule has 0 bridgehead atoms. The van der Waals surface area contributed by atoms with Crippen LogP contribution in [0.3, 0.4) is 0 Å². The second-order valence-corrected chi connectivity index (χ2v) is 8.60. The van der Waals surface area contributed by atoms with Gasteiger partial charge in [-0.1, -0.05) is 28.1 Å². The number of ether oxygens (including phenoxy) is 1. The zero-order valence-corrected chi connectivity index (χ0v) is 19.3. The van der Waals surface area contributed by atoms with Crippen LogP contribution in [0.5, 0.6) is 11.5 Å². The summed E-state index contributed by atoms with van der Waals surface area (Å²) in [4.78, 5) is 4.81. The number of nitrogens with zero attached hydrogens (tertiary/aromatic N) is 1. The van der Waals surface area contributed by atoms with Crippen LogP contribution in [-0.4, -0.2) is 17.4 Å². The Morgan fingerprint density at radius 1 is 1.06 bits per heavy atom. The molecule has 2 atom stereocenters. The first kappa shape index (κ1) is 23.3. The van der Waals surface area contributed by atoms with Crippen LogP contribution < -0.4 is 10.1 Å². The Bertz CT molecular complexity index is 1150. The molecule has 0 fully saturated rings. The summed E-state index contributed by atoms with van der Waals surface area (Å²) in [6.07, 6.45) is -4.49. The lowest BCUT2D eigenvalue weighted by Gasteiger charge is -2.31. The monoisotopic (exact) mass is 518 g/mol. The van der Waals surface area contributed by atoms with Crippen molar-refractivity contribution in [3.8, 4) is 11.5 Å². The van der Waals surface area contributed by atoms with Gasteiger partial charge in [-0.05, 0) is 72.6 Å². The van der Waals surface area contributed by atoms with Gasteiger partial charge >= 0.3 is 6.18 Å². The maximum absolute atomic E-state index is 13.0. The van der Waals surface area contributed by atoms with Crippen LogP contribution in [0.1, 0.15) is 47.8 Å². The van der Waals surface area contributed by atoms with Crippen LogP contribution >= 0.6 is 15.9 Å². The summed E-state index contributed by atoms with van der Waals surface area (Å²) in [5, 5.41) is 13.8. The molecule has 0 radical (unpaired) electrons. The quantitative estimate of drug-likeness (QED) is 0.390. The molecule has 0 saturated heterocycles. The normalized spacial score (nSPS) is 18.6. The third-order valence-electron chi connectivity index (χ3n) is 5.46. The number of alkyl halides is 3. The minimum Gasteiger partial charge on any atom is -0.508 e. The zero-order chi connectivity index (χ0) is 23.6. The maximum Gasteiger partial charge on any atom is 0.416 e. The minimum atomic E-state index is -4.40. The van der Waals surface area contributed by atoms with E-state index >= 15 is 0 Å². The molecule has 1 heterocycles. The first-order valence-corrected chi connectivity index (χ1v) is 11.3. The lowest BCUT2D eigenvalue weighted by Crippen LogP contribution is -2.33. The highest BCUT2D eigenvalue weighted by Crippen LogP contribution is 2.37. The van der Waals surface area contributed by atoms with Crippen molar-refractivity contribution >= 4 is 21.6 Å². The Balaban J connectivity index is 1.72. The lowest BCUT2D eigenvalue weighted by molar-refractivity contribution is -0.137. The number of aliphatic imine (C=N–C) groups is 1.